The van der Waals surface area contributed by atoms with Crippen LogP contribution in [0.3, 0.4) is 0 Å². The van der Waals surface area contributed by atoms with Crippen LogP contribution in [0.25, 0.3) is 11.3 Å². The first-order chi connectivity index (χ1) is 22.7. The quantitative estimate of drug-likeness (QED) is 0.207. The number of hydrogen-bond donors (Lipinski definition) is 5. The number of para-hydroxylation sites is 1. The summed E-state index contributed by atoms with van der Waals surface area (Å²) in [6, 6.07) is 12.7. The molecular formula is C32H34N8O7. The molecule has 1 atom stereocenters. The van der Waals surface area contributed by atoms with E-state index in [1.165, 1.54) is 4.90 Å². The van der Waals surface area contributed by atoms with Gasteiger partial charge in [-0.25, -0.2) is 0 Å². The summed E-state index contributed by atoms with van der Waals surface area (Å²) in [5, 5.41) is 26.3. The highest BCUT2D eigenvalue weighted by Crippen LogP contribution is 2.33. The van der Waals surface area contributed by atoms with Gasteiger partial charge in [-0.15, -0.1) is 10.2 Å². The second-order valence-corrected chi connectivity index (χ2v) is 11.6. The van der Waals surface area contributed by atoms with E-state index in [4.69, 9.17) is 10.5 Å². The molecule has 4 heterocycles. The molecule has 0 aliphatic carbocycles. The number of nitrogen functional groups attached to an aromatic ring is 1. The molecule has 244 valence electrons. The molecule has 6 N–H and O–H groups in total. The Morgan fingerprint density at radius 1 is 0.979 bits per heavy atom. The van der Waals surface area contributed by atoms with E-state index < -0.39 is 17.9 Å². The maximum atomic E-state index is 13.0. The van der Waals surface area contributed by atoms with Crippen molar-refractivity contribution in [1.82, 2.24) is 25.7 Å². The lowest BCUT2D eigenvalue weighted by atomic mass is 10.0. The molecule has 5 amide bonds. The van der Waals surface area contributed by atoms with Crippen molar-refractivity contribution in [1.29, 1.82) is 0 Å². The van der Waals surface area contributed by atoms with Crippen molar-refractivity contribution in [3.05, 3.63) is 59.7 Å². The smallest absolute Gasteiger partial charge is 0.255 e. The van der Waals surface area contributed by atoms with Gasteiger partial charge in [-0.1, -0.05) is 18.2 Å². The van der Waals surface area contributed by atoms with Gasteiger partial charge in [-0.05, 0) is 49.6 Å². The fraction of sp³-hybridized carbons (Fsp3) is 0.344. The van der Waals surface area contributed by atoms with Gasteiger partial charge < -0.3 is 36.0 Å². The lowest BCUT2D eigenvalue weighted by molar-refractivity contribution is -0.137. The molecule has 6 rings (SSSR count). The first-order valence-electron chi connectivity index (χ1n) is 15.3. The number of imide groups is 1. The largest absolute Gasteiger partial charge is 0.507 e. The number of phenolic OH excluding ortho intramolecular Hbond substituents is 1. The Balaban J connectivity index is 0.955. The molecule has 0 bridgehead atoms. The molecule has 0 spiro atoms. The molecule has 2 fully saturated rings. The molecular weight excluding hydrogens is 608 g/mol. The van der Waals surface area contributed by atoms with Gasteiger partial charge in [-0.2, -0.15) is 0 Å². The predicted octanol–water partition coefficient (Wildman–Crippen LogP) is 0.933. The summed E-state index contributed by atoms with van der Waals surface area (Å²) in [5.41, 5.74) is 9.23. The number of aromatic nitrogens is 2. The van der Waals surface area contributed by atoms with Crippen LogP contribution in [0, 0.1) is 0 Å². The van der Waals surface area contributed by atoms with Crippen LogP contribution in [0.4, 0.5) is 17.2 Å². The van der Waals surface area contributed by atoms with E-state index in [1.54, 1.807) is 48.5 Å². The van der Waals surface area contributed by atoms with Gasteiger partial charge in [-0.3, -0.25) is 29.3 Å². The number of nitrogens with zero attached hydrogens (tertiary/aromatic N) is 4. The van der Waals surface area contributed by atoms with Crippen molar-refractivity contribution < 1.29 is 33.8 Å². The van der Waals surface area contributed by atoms with Gasteiger partial charge in [0.2, 0.25) is 23.6 Å². The monoisotopic (exact) mass is 642 g/mol. The zero-order valence-corrected chi connectivity index (χ0v) is 25.4. The maximum absolute atomic E-state index is 13.0. The summed E-state index contributed by atoms with van der Waals surface area (Å²) >= 11 is 0. The molecule has 15 heteroatoms. The number of ether oxygens (including phenoxy) is 1. The third-order valence-corrected chi connectivity index (χ3v) is 8.50. The van der Waals surface area contributed by atoms with Crippen LogP contribution < -0.4 is 26.6 Å². The van der Waals surface area contributed by atoms with Crippen LogP contribution in [0.15, 0.2) is 48.5 Å². The molecule has 0 saturated carbocycles. The number of hydrogen-bond acceptors (Lipinski definition) is 11. The molecule has 3 aliphatic rings. The fourth-order valence-corrected chi connectivity index (χ4v) is 6.13. The predicted molar refractivity (Wildman–Crippen MR) is 169 cm³/mol. The van der Waals surface area contributed by atoms with Crippen LogP contribution in [-0.2, 0) is 30.5 Å². The molecule has 2 aromatic carbocycles. The van der Waals surface area contributed by atoms with E-state index in [0.717, 1.165) is 0 Å². The molecule has 0 radical (unpaired) electrons. The average Bonchev–Trinajstić information content (AvgIpc) is 3.39. The number of benzene rings is 2. The Hall–Kier alpha value is -5.57. The van der Waals surface area contributed by atoms with E-state index in [9.17, 15) is 29.1 Å². The summed E-state index contributed by atoms with van der Waals surface area (Å²) in [6.07, 6.45) is 1.67. The zero-order chi connectivity index (χ0) is 33.1. The number of fused-ring (bicyclic) bond motifs is 1. The standard InChI is InChI=1S/C32H34N8O7/c33-30-25(14-23(37-38-30)20-4-1-2-7-26(20)41)39-12-10-18(11-13-39)34-28(43)16-47-17-29(44)35-22-6-3-5-19-21(22)15-40(32(19)46)24-8-9-27(42)36-31(24)45/h1-7,14,18,24,41H,8-13,15-17H2,(H2,33,38)(H,34,43)(H,35,44)(H,36,42,45). The topological polar surface area (TPSA) is 209 Å². The molecule has 47 heavy (non-hydrogen) atoms. The number of rotatable bonds is 9. The highest BCUT2D eigenvalue weighted by atomic mass is 16.5. The third kappa shape index (κ3) is 6.84. The molecule has 3 aliphatic heterocycles. The number of nitrogens with one attached hydrogen (secondary N) is 3. The Morgan fingerprint density at radius 3 is 2.49 bits per heavy atom. The lowest BCUT2D eigenvalue weighted by Crippen LogP contribution is -2.52. The summed E-state index contributed by atoms with van der Waals surface area (Å²) in [4.78, 5) is 65.6. The van der Waals surface area contributed by atoms with Gasteiger partial charge in [0, 0.05) is 54.5 Å². The molecule has 1 unspecified atom stereocenters. The Labute approximate surface area is 269 Å². The summed E-state index contributed by atoms with van der Waals surface area (Å²) in [7, 11) is 0. The van der Waals surface area contributed by atoms with Gasteiger partial charge >= 0.3 is 0 Å². The van der Waals surface area contributed by atoms with Crippen LogP contribution in [0.2, 0.25) is 0 Å². The molecule has 15 nitrogen and oxygen atoms in total. The molecule has 2 saturated heterocycles. The fourth-order valence-electron chi connectivity index (χ4n) is 6.13. The average molecular weight is 643 g/mol. The normalized spacial score (nSPS) is 18.1. The number of piperidine rings is 2. The van der Waals surface area contributed by atoms with Gasteiger partial charge in [0.1, 0.15) is 25.0 Å². The minimum absolute atomic E-state index is 0.0945. The number of amides is 5. The van der Waals surface area contributed by atoms with Crippen molar-refractivity contribution in [3.8, 4) is 17.0 Å². The molecule has 1 aromatic heterocycles. The Bertz CT molecular complexity index is 1740. The summed E-state index contributed by atoms with van der Waals surface area (Å²) in [5.74, 6) is -1.71. The first kappa shape index (κ1) is 31.4. The second kappa shape index (κ2) is 13.4. The van der Waals surface area contributed by atoms with E-state index >= 15 is 0 Å². The van der Waals surface area contributed by atoms with Crippen molar-refractivity contribution >= 4 is 46.7 Å². The minimum atomic E-state index is -0.765. The number of phenols is 1. The van der Waals surface area contributed by atoms with Gasteiger partial charge in [0.25, 0.3) is 5.91 Å². The number of carbonyl (C=O) groups is 5. The number of nitrogens with two attached hydrogens (primary N) is 1. The van der Waals surface area contributed by atoms with E-state index in [2.05, 4.69) is 31.0 Å². The zero-order valence-electron chi connectivity index (χ0n) is 25.4. The van der Waals surface area contributed by atoms with E-state index in [-0.39, 0.29) is 67.9 Å². The van der Waals surface area contributed by atoms with Crippen LogP contribution in [0.1, 0.15) is 41.6 Å². The van der Waals surface area contributed by atoms with Crippen LogP contribution >= 0.6 is 0 Å². The maximum Gasteiger partial charge on any atom is 0.255 e. The van der Waals surface area contributed by atoms with Crippen LogP contribution in [-0.4, -0.2) is 88.1 Å². The summed E-state index contributed by atoms with van der Waals surface area (Å²) < 4.78 is 5.37. The highest BCUT2D eigenvalue weighted by molar-refractivity contribution is 6.06. The Kier molecular flexibility index (Phi) is 8.97. The minimum Gasteiger partial charge on any atom is -0.507 e. The third-order valence-electron chi connectivity index (χ3n) is 8.50. The van der Waals surface area contributed by atoms with Crippen LogP contribution in [0.5, 0.6) is 5.75 Å². The first-order valence-corrected chi connectivity index (χ1v) is 15.3. The number of carbonyl (C=O) groups excluding carboxylic acids is 5. The SMILES string of the molecule is Nc1nnc(-c2ccccc2O)cc1N1CCC(NC(=O)COCC(=O)Nc2cccc3c2CN(C2CCC(=O)NC2=O)C3=O)CC1. The second-order valence-electron chi connectivity index (χ2n) is 11.6. The van der Waals surface area contributed by atoms with E-state index in [0.29, 0.717) is 59.7 Å². The number of anilines is 3. The van der Waals surface area contributed by atoms with Gasteiger partial charge in [0.15, 0.2) is 5.82 Å². The van der Waals surface area contributed by atoms with Crippen molar-refractivity contribution in [3.63, 3.8) is 0 Å². The van der Waals surface area contributed by atoms with E-state index in [1.807, 2.05) is 0 Å². The summed E-state index contributed by atoms with van der Waals surface area (Å²) in [6.45, 7) is 0.632. The van der Waals surface area contributed by atoms with Gasteiger partial charge in [0.05, 0.1) is 11.4 Å². The van der Waals surface area contributed by atoms with Crippen molar-refractivity contribution in [2.45, 2.75) is 44.3 Å². The Morgan fingerprint density at radius 2 is 1.72 bits per heavy atom. The van der Waals surface area contributed by atoms with Crippen molar-refractivity contribution in [2.75, 3.05) is 42.3 Å². The number of aromatic hydroxyl groups is 1. The van der Waals surface area contributed by atoms with Crippen molar-refractivity contribution in [2.24, 2.45) is 0 Å². The lowest BCUT2D eigenvalue weighted by Gasteiger charge is -2.34. The highest BCUT2D eigenvalue weighted by Gasteiger charge is 2.40. The molecule has 3 aromatic rings.